The molecule has 7 nitrogen and oxygen atoms in total. The predicted octanol–water partition coefficient (Wildman–Crippen LogP) is 0.0208. The van der Waals surface area contributed by atoms with Crippen molar-refractivity contribution in [1.82, 2.24) is 20.0 Å². The summed E-state index contributed by atoms with van der Waals surface area (Å²) >= 11 is 0. The van der Waals surface area contributed by atoms with Crippen molar-refractivity contribution < 1.29 is 4.79 Å². The molecule has 0 aliphatic carbocycles. The van der Waals surface area contributed by atoms with Crippen LogP contribution >= 0.6 is 0 Å². The SMILES string of the molecule is C[C@@H]1C[C@@H](C)CN(CCCNC(=O)Cn2[nH]c(=O)ccc2=O)C1. The fourth-order valence-electron chi connectivity index (χ4n) is 3.28. The first-order valence-electron chi connectivity index (χ1n) is 8.23. The van der Waals surface area contributed by atoms with Gasteiger partial charge in [0.05, 0.1) is 0 Å². The van der Waals surface area contributed by atoms with Gasteiger partial charge in [-0.15, -0.1) is 0 Å². The summed E-state index contributed by atoms with van der Waals surface area (Å²) in [6.07, 6.45) is 2.17. The fraction of sp³-hybridized carbons (Fsp3) is 0.688. The molecule has 23 heavy (non-hydrogen) atoms. The average molecular weight is 322 g/mol. The zero-order chi connectivity index (χ0) is 16.8. The molecule has 2 rings (SSSR count). The molecule has 7 heteroatoms. The molecule has 2 heterocycles. The molecule has 0 unspecified atom stereocenters. The van der Waals surface area contributed by atoms with E-state index in [1.165, 1.54) is 6.42 Å². The summed E-state index contributed by atoms with van der Waals surface area (Å²) in [6.45, 7) is 8.19. The summed E-state index contributed by atoms with van der Waals surface area (Å²) in [6, 6.07) is 2.31. The summed E-state index contributed by atoms with van der Waals surface area (Å²) in [5.74, 6) is 1.19. The second-order valence-corrected chi connectivity index (χ2v) is 6.64. The number of carbonyl (C=O) groups excluding carboxylic acids is 1. The van der Waals surface area contributed by atoms with Crippen molar-refractivity contribution in [3.05, 3.63) is 32.8 Å². The summed E-state index contributed by atoms with van der Waals surface area (Å²) in [5, 5.41) is 5.13. The molecule has 1 aliphatic heterocycles. The highest BCUT2D eigenvalue weighted by Gasteiger charge is 2.21. The first kappa shape index (κ1) is 17.5. The number of aromatic nitrogens is 2. The van der Waals surface area contributed by atoms with Crippen LogP contribution in [0.3, 0.4) is 0 Å². The second-order valence-electron chi connectivity index (χ2n) is 6.64. The Kier molecular flexibility index (Phi) is 6.15. The van der Waals surface area contributed by atoms with Gasteiger partial charge in [0, 0.05) is 31.8 Å². The van der Waals surface area contributed by atoms with E-state index in [-0.39, 0.29) is 12.5 Å². The van der Waals surface area contributed by atoms with Crippen LogP contribution in [0, 0.1) is 11.8 Å². The second kappa shape index (κ2) is 8.10. The van der Waals surface area contributed by atoms with E-state index in [4.69, 9.17) is 0 Å². The number of nitrogens with zero attached hydrogens (tertiary/aromatic N) is 2. The highest BCUT2D eigenvalue weighted by molar-refractivity contribution is 5.75. The molecule has 1 fully saturated rings. The van der Waals surface area contributed by atoms with Gasteiger partial charge in [-0.2, -0.15) is 0 Å². The summed E-state index contributed by atoms with van der Waals surface area (Å²) in [5.41, 5.74) is -0.790. The van der Waals surface area contributed by atoms with Crippen LogP contribution in [0.15, 0.2) is 21.7 Å². The number of rotatable bonds is 6. The first-order chi connectivity index (χ1) is 10.9. The third kappa shape index (κ3) is 5.67. The lowest BCUT2D eigenvalue weighted by Crippen LogP contribution is -2.40. The van der Waals surface area contributed by atoms with Crippen molar-refractivity contribution >= 4 is 5.91 Å². The predicted molar refractivity (Wildman–Crippen MR) is 88.3 cm³/mol. The zero-order valence-corrected chi connectivity index (χ0v) is 13.9. The molecule has 1 aromatic heterocycles. The van der Waals surface area contributed by atoms with E-state index in [2.05, 4.69) is 29.2 Å². The van der Waals surface area contributed by atoms with Gasteiger partial charge in [-0.25, -0.2) is 4.68 Å². The van der Waals surface area contributed by atoms with Crippen LogP contribution in [-0.4, -0.2) is 46.8 Å². The fourth-order valence-corrected chi connectivity index (χ4v) is 3.28. The Morgan fingerprint density at radius 3 is 2.65 bits per heavy atom. The molecule has 0 bridgehead atoms. The maximum atomic E-state index is 11.8. The molecule has 1 saturated heterocycles. The van der Waals surface area contributed by atoms with Crippen molar-refractivity contribution in [3.63, 3.8) is 0 Å². The Hall–Kier alpha value is -1.89. The standard InChI is InChI=1S/C16H26N4O3/c1-12-8-13(2)10-19(9-12)7-3-6-17-15(22)11-20-16(23)5-4-14(21)18-20/h4-5,12-13H,3,6-11H2,1-2H3,(H,17,22)(H,18,21)/t12-,13-/m1/s1. The van der Waals surface area contributed by atoms with E-state index in [1.54, 1.807) is 0 Å². The van der Waals surface area contributed by atoms with Crippen LogP contribution in [0.25, 0.3) is 0 Å². The minimum atomic E-state index is -0.397. The van der Waals surface area contributed by atoms with E-state index < -0.39 is 11.1 Å². The largest absolute Gasteiger partial charge is 0.354 e. The van der Waals surface area contributed by atoms with Crippen LogP contribution < -0.4 is 16.4 Å². The minimum Gasteiger partial charge on any atom is -0.354 e. The quantitative estimate of drug-likeness (QED) is 0.723. The number of hydrogen-bond donors (Lipinski definition) is 2. The molecule has 1 aliphatic rings. The Labute approximate surface area is 135 Å². The van der Waals surface area contributed by atoms with Gasteiger partial charge in [-0.3, -0.25) is 19.5 Å². The van der Waals surface area contributed by atoms with Crippen LogP contribution in [0.1, 0.15) is 26.7 Å². The number of amides is 1. The maximum Gasteiger partial charge on any atom is 0.265 e. The smallest absolute Gasteiger partial charge is 0.265 e. The third-order valence-corrected chi connectivity index (χ3v) is 4.11. The molecule has 0 radical (unpaired) electrons. The number of aromatic amines is 1. The van der Waals surface area contributed by atoms with E-state index in [9.17, 15) is 14.4 Å². The van der Waals surface area contributed by atoms with Crippen molar-refractivity contribution in [2.75, 3.05) is 26.2 Å². The van der Waals surface area contributed by atoms with Crippen molar-refractivity contribution in [2.45, 2.75) is 33.2 Å². The van der Waals surface area contributed by atoms with Gasteiger partial charge in [0.25, 0.3) is 11.1 Å². The molecule has 0 spiro atoms. The van der Waals surface area contributed by atoms with Crippen LogP contribution in [0.5, 0.6) is 0 Å². The molecular weight excluding hydrogens is 296 g/mol. The lowest BCUT2D eigenvalue weighted by molar-refractivity contribution is -0.121. The van der Waals surface area contributed by atoms with Crippen LogP contribution in [-0.2, 0) is 11.3 Å². The number of likely N-dealkylation sites (tertiary alicyclic amines) is 1. The molecule has 2 atom stereocenters. The molecular formula is C16H26N4O3. The molecule has 0 aromatic carbocycles. The summed E-state index contributed by atoms with van der Waals surface area (Å²) < 4.78 is 1.02. The highest BCUT2D eigenvalue weighted by Crippen LogP contribution is 2.20. The van der Waals surface area contributed by atoms with Crippen LogP contribution in [0.2, 0.25) is 0 Å². The number of hydrogen-bond acceptors (Lipinski definition) is 4. The monoisotopic (exact) mass is 322 g/mol. The molecule has 1 aromatic rings. The number of carbonyl (C=O) groups is 1. The number of piperidine rings is 1. The Morgan fingerprint density at radius 1 is 1.26 bits per heavy atom. The van der Waals surface area contributed by atoms with E-state index in [0.717, 1.165) is 54.7 Å². The molecule has 0 saturated carbocycles. The van der Waals surface area contributed by atoms with E-state index in [1.807, 2.05) is 0 Å². The maximum absolute atomic E-state index is 11.8. The Bertz CT molecular complexity index is 627. The van der Waals surface area contributed by atoms with E-state index in [0.29, 0.717) is 6.54 Å². The van der Waals surface area contributed by atoms with Crippen LogP contribution in [0.4, 0.5) is 0 Å². The average Bonchev–Trinajstić information content (AvgIpc) is 2.46. The first-order valence-corrected chi connectivity index (χ1v) is 8.23. The molecule has 1 amide bonds. The van der Waals surface area contributed by atoms with Crippen molar-refractivity contribution in [1.29, 1.82) is 0 Å². The third-order valence-electron chi connectivity index (χ3n) is 4.11. The Balaban J connectivity index is 1.70. The summed E-state index contributed by atoms with van der Waals surface area (Å²) in [7, 11) is 0. The van der Waals surface area contributed by atoms with Gasteiger partial charge in [0.15, 0.2) is 0 Å². The molecule has 128 valence electrons. The minimum absolute atomic E-state index is 0.160. The topological polar surface area (TPSA) is 87.2 Å². The van der Waals surface area contributed by atoms with Gasteiger partial charge < -0.3 is 10.2 Å². The van der Waals surface area contributed by atoms with E-state index >= 15 is 0 Å². The van der Waals surface area contributed by atoms with Crippen molar-refractivity contribution in [3.8, 4) is 0 Å². The Morgan fingerprint density at radius 2 is 1.96 bits per heavy atom. The number of nitrogens with one attached hydrogen (secondary N) is 2. The van der Waals surface area contributed by atoms with Crippen molar-refractivity contribution in [2.24, 2.45) is 11.8 Å². The van der Waals surface area contributed by atoms with Gasteiger partial charge in [-0.05, 0) is 31.2 Å². The number of H-pyrrole nitrogens is 1. The highest BCUT2D eigenvalue weighted by atomic mass is 16.2. The van der Waals surface area contributed by atoms with Gasteiger partial charge in [-0.1, -0.05) is 13.8 Å². The normalized spacial score (nSPS) is 22.0. The van der Waals surface area contributed by atoms with Gasteiger partial charge in [0.1, 0.15) is 6.54 Å². The molecule has 2 N–H and O–H groups in total. The zero-order valence-electron chi connectivity index (χ0n) is 13.9. The lowest BCUT2D eigenvalue weighted by atomic mass is 9.92. The summed E-state index contributed by atoms with van der Waals surface area (Å²) in [4.78, 5) is 36.9. The van der Waals surface area contributed by atoms with Gasteiger partial charge in [0.2, 0.25) is 5.91 Å². The van der Waals surface area contributed by atoms with Gasteiger partial charge >= 0.3 is 0 Å². The lowest BCUT2D eigenvalue weighted by Gasteiger charge is -2.34.